The van der Waals surface area contributed by atoms with Gasteiger partial charge in [0.2, 0.25) is 5.91 Å². The lowest BCUT2D eigenvalue weighted by atomic mass is 10.0. The molecule has 0 spiro atoms. The van der Waals surface area contributed by atoms with Crippen molar-refractivity contribution in [3.8, 4) is 0 Å². The van der Waals surface area contributed by atoms with E-state index < -0.39 is 0 Å². The predicted molar refractivity (Wildman–Crippen MR) is 81.7 cm³/mol. The van der Waals surface area contributed by atoms with E-state index in [1.807, 2.05) is 6.92 Å². The highest BCUT2D eigenvalue weighted by molar-refractivity contribution is 5.76. The molecule has 0 bridgehead atoms. The summed E-state index contributed by atoms with van der Waals surface area (Å²) in [6.45, 7) is 6.91. The summed E-state index contributed by atoms with van der Waals surface area (Å²) in [6, 6.07) is 6.33. The highest BCUT2D eigenvalue weighted by atomic mass is 16.1. The first-order valence-electron chi connectivity index (χ1n) is 7.25. The molecule has 1 unspecified atom stereocenters. The van der Waals surface area contributed by atoms with Gasteiger partial charge in [0.1, 0.15) is 12.7 Å². The zero-order valence-corrected chi connectivity index (χ0v) is 12.8. The summed E-state index contributed by atoms with van der Waals surface area (Å²) in [4.78, 5) is 15.8. The number of aryl methyl sites for hydroxylation is 3. The molecule has 1 aromatic heterocycles. The SMILES string of the molecule is Cc1ccc(C(C)NC(=O)CCCn2cncn2)cc1C. The van der Waals surface area contributed by atoms with Gasteiger partial charge in [-0.3, -0.25) is 9.48 Å². The van der Waals surface area contributed by atoms with Gasteiger partial charge in [-0.25, -0.2) is 4.98 Å². The third-order valence-electron chi connectivity index (χ3n) is 3.67. The van der Waals surface area contributed by atoms with Crippen molar-refractivity contribution in [2.75, 3.05) is 0 Å². The number of nitrogens with one attached hydrogen (secondary N) is 1. The highest BCUT2D eigenvalue weighted by Crippen LogP contribution is 2.16. The van der Waals surface area contributed by atoms with Gasteiger partial charge in [-0.05, 0) is 43.9 Å². The van der Waals surface area contributed by atoms with E-state index in [2.05, 4.69) is 47.4 Å². The number of hydrogen-bond donors (Lipinski definition) is 1. The number of amides is 1. The quantitative estimate of drug-likeness (QED) is 0.887. The van der Waals surface area contributed by atoms with Crippen molar-refractivity contribution in [1.29, 1.82) is 0 Å². The Morgan fingerprint density at radius 3 is 2.81 bits per heavy atom. The Labute approximate surface area is 125 Å². The fraction of sp³-hybridized carbons (Fsp3) is 0.438. The summed E-state index contributed by atoms with van der Waals surface area (Å²) >= 11 is 0. The minimum atomic E-state index is 0.0307. The van der Waals surface area contributed by atoms with Crippen LogP contribution in [0, 0.1) is 13.8 Å². The van der Waals surface area contributed by atoms with E-state index in [-0.39, 0.29) is 11.9 Å². The molecule has 5 nitrogen and oxygen atoms in total. The second-order valence-corrected chi connectivity index (χ2v) is 5.40. The van der Waals surface area contributed by atoms with Gasteiger partial charge >= 0.3 is 0 Å². The van der Waals surface area contributed by atoms with Crippen LogP contribution in [0.4, 0.5) is 0 Å². The molecule has 0 radical (unpaired) electrons. The van der Waals surface area contributed by atoms with Crippen LogP contribution >= 0.6 is 0 Å². The van der Waals surface area contributed by atoms with Crippen molar-refractivity contribution in [3.63, 3.8) is 0 Å². The molecule has 1 aromatic carbocycles. The Kier molecular flexibility index (Phi) is 5.09. The molecular formula is C16H22N4O. The molecule has 21 heavy (non-hydrogen) atoms. The third kappa shape index (κ3) is 4.41. The summed E-state index contributed by atoms with van der Waals surface area (Å²) in [5.41, 5.74) is 3.66. The van der Waals surface area contributed by atoms with Crippen molar-refractivity contribution in [2.45, 2.75) is 46.2 Å². The lowest BCUT2D eigenvalue weighted by Gasteiger charge is -2.15. The lowest BCUT2D eigenvalue weighted by molar-refractivity contribution is -0.121. The molecule has 112 valence electrons. The Bertz CT molecular complexity index is 592. The monoisotopic (exact) mass is 286 g/mol. The summed E-state index contributed by atoms with van der Waals surface area (Å²) in [5.74, 6) is 0.0702. The summed E-state index contributed by atoms with van der Waals surface area (Å²) in [5, 5.41) is 7.05. The number of carbonyl (C=O) groups is 1. The molecule has 2 aromatic rings. The van der Waals surface area contributed by atoms with Gasteiger partial charge in [0.15, 0.2) is 0 Å². The van der Waals surface area contributed by atoms with Crippen LogP contribution in [0.15, 0.2) is 30.9 Å². The van der Waals surface area contributed by atoms with Gasteiger partial charge in [0.05, 0.1) is 6.04 Å². The van der Waals surface area contributed by atoms with Gasteiger partial charge in [0.25, 0.3) is 0 Å². The second kappa shape index (κ2) is 7.02. The Morgan fingerprint density at radius 1 is 1.33 bits per heavy atom. The van der Waals surface area contributed by atoms with E-state index in [1.165, 1.54) is 17.5 Å². The van der Waals surface area contributed by atoms with E-state index in [0.29, 0.717) is 13.0 Å². The van der Waals surface area contributed by atoms with Crippen molar-refractivity contribution in [1.82, 2.24) is 20.1 Å². The van der Waals surface area contributed by atoms with E-state index in [0.717, 1.165) is 12.0 Å². The van der Waals surface area contributed by atoms with Crippen LogP contribution in [-0.4, -0.2) is 20.7 Å². The average molecular weight is 286 g/mol. The molecular weight excluding hydrogens is 264 g/mol. The maximum absolute atomic E-state index is 12.0. The van der Waals surface area contributed by atoms with Crippen LogP contribution in [0.1, 0.15) is 42.5 Å². The summed E-state index contributed by atoms with van der Waals surface area (Å²) in [7, 11) is 0. The topological polar surface area (TPSA) is 59.8 Å². The molecule has 1 N–H and O–H groups in total. The van der Waals surface area contributed by atoms with E-state index in [9.17, 15) is 4.79 Å². The van der Waals surface area contributed by atoms with Gasteiger partial charge in [-0.1, -0.05) is 18.2 Å². The first-order chi connectivity index (χ1) is 10.1. The van der Waals surface area contributed by atoms with Crippen molar-refractivity contribution in [3.05, 3.63) is 47.5 Å². The zero-order chi connectivity index (χ0) is 15.2. The molecule has 0 aliphatic rings. The minimum absolute atomic E-state index is 0.0307. The average Bonchev–Trinajstić information content (AvgIpc) is 2.95. The van der Waals surface area contributed by atoms with Crippen LogP contribution in [0.3, 0.4) is 0 Å². The van der Waals surface area contributed by atoms with E-state index in [1.54, 1.807) is 11.0 Å². The highest BCUT2D eigenvalue weighted by Gasteiger charge is 2.10. The van der Waals surface area contributed by atoms with E-state index in [4.69, 9.17) is 0 Å². The second-order valence-electron chi connectivity index (χ2n) is 5.40. The van der Waals surface area contributed by atoms with Gasteiger partial charge in [-0.15, -0.1) is 0 Å². The molecule has 1 atom stereocenters. The van der Waals surface area contributed by atoms with Gasteiger partial charge < -0.3 is 5.32 Å². The molecule has 1 amide bonds. The number of hydrogen-bond acceptors (Lipinski definition) is 3. The van der Waals surface area contributed by atoms with Gasteiger partial charge in [-0.2, -0.15) is 5.10 Å². The molecule has 0 aliphatic heterocycles. The predicted octanol–water partition coefficient (Wildman–Crippen LogP) is 2.55. The van der Waals surface area contributed by atoms with Gasteiger partial charge in [0, 0.05) is 13.0 Å². The third-order valence-corrected chi connectivity index (χ3v) is 3.67. The molecule has 1 heterocycles. The van der Waals surface area contributed by atoms with Crippen molar-refractivity contribution in [2.24, 2.45) is 0 Å². The van der Waals surface area contributed by atoms with Crippen molar-refractivity contribution < 1.29 is 4.79 Å². The first-order valence-corrected chi connectivity index (χ1v) is 7.25. The zero-order valence-electron chi connectivity index (χ0n) is 12.8. The molecule has 0 aliphatic carbocycles. The number of nitrogens with zero attached hydrogens (tertiary/aromatic N) is 3. The van der Waals surface area contributed by atoms with E-state index >= 15 is 0 Å². The molecule has 5 heteroatoms. The molecule has 2 rings (SSSR count). The largest absolute Gasteiger partial charge is 0.350 e. The normalized spacial score (nSPS) is 12.1. The maximum atomic E-state index is 12.0. The van der Waals surface area contributed by atoms with Crippen LogP contribution in [-0.2, 0) is 11.3 Å². The van der Waals surface area contributed by atoms with Crippen molar-refractivity contribution >= 4 is 5.91 Å². The summed E-state index contributed by atoms with van der Waals surface area (Å²) in [6.07, 6.45) is 4.42. The van der Waals surface area contributed by atoms with Crippen LogP contribution < -0.4 is 5.32 Å². The number of rotatable bonds is 6. The Balaban J connectivity index is 1.79. The molecule has 0 fully saturated rings. The van der Waals surface area contributed by atoms with Crippen LogP contribution in [0.25, 0.3) is 0 Å². The first kappa shape index (κ1) is 15.2. The fourth-order valence-corrected chi connectivity index (χ4v) is 2.18. The minimum Gasteiger partial charge on any atom is -0.350 e. The smallest absolute Gasteiger partial charge is 0.220 e. The lowest BCUT2D eigenvalue weighted by Crippen LogP contribution is -2.26. The van der Waals surface area contributed by atoms with Crippen LogP contribution in [0.5, 0.6) is 0 Å². The van der Waals surface area contributed by atoms with Crippen LogP contribution in [0.2, 0.25) is 0 Å². The fourth-order valence-electron chi connectivity index (χ4n) is 2.18. The maximum Gasteiger partial charge on any atom is 0.220 e. The molecule has 0 saturated heterocycles. The Morgan fingerprint density at radius 2 is 2.14 bits per heavy atom. The number of aromatic nitrogens is 3. The molecule has 0 saturated carbocycles. The number of benzene rings is 1. The standard InChI is InChI=1S/C16H22N4O/c1-12-6-7-15(9-13(12)2)14(3)19-16(21)5-4-8-20-11-17-10-18-20/h6-7,9-11,14H,4-5,8H2,1-3H3,(H,19,21). The Hall–Kier alpha value is -2.17. The summed E-state index contributed by atoms with van der Waals surface area (Å²) < 4.78 is 1.74. The number of carbonyl (C=O) groups excluding carboxylic acids is 1.